The van der Waals surface area contributed by atoms with Crippen molar-refractivity contribution in [2.24, 2.45) is 5.73 Å². The summed E-state index contributed by atoms with van der Waals surface area (Å²) in [6.45, 7) is 3.34. The van der Waals surface area contributed by atoms with Gasteiger partial charge in [-0.05, 0) is 30.9 Å². The van der Waals surface area contributed by atoms with Crippen LogP contribution in [0.15, 0.2) is 18.2 Å². The zero-order chi connectivity index (χ0) is 10.8. The van der Waals surface area contributed by atoms with Crippen LogP contribution in [0, 0.1) is 6.92 Å². The third kappa shape index (κ3) is 1.96. The number of fused-ring (bicyclic) bond motifs is 1. The summed E-state index contributed by atoms with van der Waals surface area (Å²) < 4.78 is 0. The number of aryl methyl sites for hydroxylation is 2. The Morgan fingerprint density at radius 2 is 2.33 bits per heavy atom. The predicted octanol–water partition coefficient (Wildman–Crippen LogP) is 1.23. The Labute approximate surface area is 89.9 Å². The standard InChI is InChI=1S/C12H16N2O/c1-9-4-2-5-10-6-3-7-14(12(9)10)8-11(13)15/h2,4-5H,3,6-8H2,1H3,(H2,13,15). The van der Waals surface area contributed by atoms with Gasteiger partial charge in [-0.15, -0.1) is 0 Å². The molecule has 3 heteroatoms. The van der Waals surface area contributed by atoms with Crippen molar-refractivity contribution in [2.75, 3.05) is 18.0 Å². The predicted molar refractivity (Wildman–Crippen MR) is 60.9 cm³/mol. The zero-order valence-corrected chi connectivity index (χ0v) is 8.99. The molecule has 80 valence electrons. The van der Waals surface area contributed by atoms with E-state index in [9.17, 15) is 4.79 Å². The number of hydrogen-bond acceptors (Lipinski definition) is 2. The maximum absolute atomic E-state index is 11.0. The molecule has 0 aliphatic carbocycles. The molecule has 1 aliphatic rings. The first-order chi connectivity index (χ1) is 7.18. The van der Waals surface area contributed by atoms with Gasteiger partial charge in [-0.25, -0.2) is 0 Å². The summed E-state index contributed by atoms with van der Waals surface area (Å²) in [6.07, 6.45) is 2.20. The Kier molecular flexibility index (Phi) is 2.62. The summed E-state index contributed by atoms with van der Waals surface area (Å²) in [4.78, 5) is 13.1. The largest absolute Gasteiger partial charge is 0.368 e. The lowest BCUT2D eigenvalue weighted by Gasteiger charge is -2.31. The van der Waals surface area contributed by atoms with Crippen LogP contribution in [0.5, 0.6) is 0 Å². The average molecular weight is 204 g/mol. The quantitative estimate of drug-likeness (QED) is 0.787. The number of nitrogens with zero attached hydrogens (tertiary/aromatic N) is 1. The Hall–Kier alpha value is -1.51. The minimum Gasteiger partial charge on any atom is -0.368 e. The van der Waals surface area contributed by atoms with Crippen molar-refractivity contribution in [1.29, 1.82) is 0 Å². The minimum absolute atomic E-state index is 0.258. The number of nitrogens with two attached hydrogens (primary N) is 1. The molecule has 0 bridgehead atoms. The lowest BCUT2D eigenvalue weighted by atomic mass is 9.98. The fraction of sp³-hybridized carbons (Fsp3) is 0.417. The molecular weight excluding hydrogens is 188 g/mol. The van der Waals surface area contributed by atoms with Crippen LogP contribution in [0.2, 0.25) is 0 Å². The highest BCUT2D eigenvalue weighted by atomic mass is 16.1. The summed E-state index contributed by atoms with van der Waals surface area (Å²) in [5, 5.41) is 0. The van der Waals surface area contributed by atoms with E-state index in [1.807, 2.05) is 0 Å². The van der Waals surface area contributed by atoms with Crippen LogP contribution in [0.3, 0.4) is 0 Å². The second kappa shape index (κ2) is 3.93. The molecule has 0 unspecified atom stereocenters. The van der Waals surface area contributed by atoms with Crippen LogP contribution < -0.4 is 10.6 Å². The molecule has 1 aromatic carbocycles. The first kappa shape index (κ1) is 10.0. The van der Waals surface area contributed by atoms with Crippen molar-refractivity contribution in [1.82, 2.24) is 0 Å². The van der Waals surface area contributed by atoms with Gasteiger partial charge in [0, 0.05) is 12.2 Å². The molecule has 2 N–H and O–H groups in total. The molecule has 15 heavy (non-hydrogen) atoms. The second-order valence-electron chi connectivity index (χ2n) is 4.07. The zero-order valence-electron chi connectivity index (χ0n) is 8.99. The van der Waals surface area contributed by atoms with E-state index in [4.69, 9.17) is 5.73 Å². The number of para-hydroxylation sites is 1. The van der Waals surface area contributed by atoms with Crippen molar-refractivity contribution in [3.63, 3.8) is 0 Å². The summed E-state index contributed by atoms with van der Waals surface area (Å²) in [5.74, 6) is -0.258. The normalized spacial score (nSPS) is 14.9. The molecule has 1 aromatic rings. The molecule has 0 fully saturated rings. The van der Waals surface area contributed by atoms with Gasteiger partial charge in [-0.1, -0.05) is 18.2 Å². The van der Waals surface area contributed by atoms with Gasteiger partial charge < -0.3 is 10.6 Å². The van der Waals surface area contributed by atoms with E-state index in [-0.39, 0.29) is 5.91 Å². The van der Waals surface area contributed by atoms with Gasteiger partial charge in [-0.2, -0.15) is 0 Å². The number of rotatable bonds is 2. The van der Waals surface area contributed by atoms with Gasteiger partial charge >= 0.3 is 0 Å². The van der Waals surface area contributed by atoms with E-state index < -0.39 is 0 Å². The number of primary amides is 1. The SMILES string of the molecule is Cc1cccc2c1N(CC(N)=O)CCC2. The van der Waals surface area contributed by atoms with E-state index in [0.29, 0.717) is 6.54 Å². The van der Waals surface area contributed by atoms with E-state index in [2.05, 4.69) is 30.0 Å². The smallest absolute Gasteiger partial charge is 0.236 e. The van der Waals surface area contributed by atoms with Gasteiger partial charge in [0.15, 0.2) is 0 Å². The number of carbonyl (C=O) groups excluding carboxylic acids is 1. The van der Waals surface area contributed by atoms with Gasteiger partial charge in [0.05, 0.1) is 6.54 Å². The molecule has 0 atom stereocenters. The Bertz CT molecular complexity index is 387. The van der Waals surface area contributed by atoms with Gasteiger partial charge in [-0.3, -0.25) is 4.79 Å². The monoisotopic (exact) mass is 204 g/mol. The maximum atomic E-state index is 11.0. The highest BCUT2D eigenvalue weighted by Gasteiger charge is 2.19. The van der Waals surface area contributed by atoms with Crippen molar-refractivity contribution in [2.45, 2.75) is 19.8 Å². The van der Waals surface area contributed by atoms with Gasteiger partial charge in [0.1, 0.15) is 0 Å². The third-order valence-corrected chi connectivity index (χ3v) is 2.86. The molecule has 0 radical (unpaired) electrons. The fourth-order valence-corrected chi connectivity index (χ4v) is 2.29. The molecule has 0 spiro atoms. The van der Waals surface area contributed by atoms with Crippen LogP contribution >= 0.6 is 0 Å². The molecular formula is C12H16N2O. The molecule has 1 heterocycles. The average Bonchev–Trinajstić information content (AvgIpc) is 2.17. The van der Waals surface area contributed by atoms with E-state index in [1.54, 1.807) is 0 Å². The van der Waals surface area contributed by atoms with Crippen LogP contribution in [-0.4, -0.2) is 19.0 Å². The number of anilines is 1. The first-order valence-corrected chi connectivity index (χ1v) is 5.30. The minimum atomic E-state index is -0.258. The summed E-state index contributed by atoms with van der Waals surface area (Å²) in [6, 6.07) is 6.29. The highest BCUT2D eigenvalue weighted by Crippen LogP contribution is 2.29. The number of carbonyl (C=O) groups is 1. The summed E-state index contributed by atoms with van der Waals surface area (Å²) >= 11 is 0. The number of amides is 1. The molecule has 2 rings (SSSR count). The molecule has 3 nitrogen and oxygen atoms in total. The number of benzene rings is 1. The van der Waals surface area contributed by atoms with Crippen LogP contribution in [0.25, 0.3) is 0 Å². The van der Waals surface area contributed by atoms with Crippen molar-refractivity contribution >= 4 is 11.6 Å². The van der Waals surface area contributed by atoms with E-state index in [1.165, 1.54) is 16.8 Å². The Morgan fingerprint density at radius 1 is 1.53 bits per heavy atom. The van der Waals surface area contributed by atoms with Crippen LogP contribution in [-0.2, 0) is 11.2 Å². The van der Waals surface area contributed by atoms with Crippen molar-refractivity contribution < 1.29 is 4.79 Å². The van der Waals surface area contributed by atoms with Gasteiger partial charge in [0.25, 0.3) is 0 Å². The molecule has 0 aromatic heterocycles. The van der Waals surface area contributed by atoms with Gasteiger partial charge in [0.2, 0.25) is 5.91 Å². The molecule has 0 saturated carbocycles. The summed E-state index contributed by atoms with van der Waals surface area (Å²) in [7, 11) is 0. The number of hydrogen-bond donors (Lipinski definition) is 1. The first-order valence-electron chi connectivity index (χ1n) is 5.30. The molecule has 1 aliphatic heterocycles. The van der Waals surface area contributed by atoms with Crippen LogP contribution in [0.4, 0.5) is 5.69 Å². The third-order valence-electron chi connectivity index (χ3n) is 2.86. The van der Waals surface area contributed by atoms with Crippen LogP contribution in [0.1, 0.15) is 17.5 Å². The van der Waals surface area contributed by atoms with Crippen molar-refractivity contribution in [3.8, 4) is 0 Å². The maximum Gasteiger partial charge on any atom is 0.236 e. The Morgan fingerprint density at radius 3 is 3.07 bits per heavy atom. The van der Waals surface area contributed by atoms with E-state index in [0.717, 1.165) is 19.4 Å². The second-order valence-corrected chi connectivity index (χ2v) is 4.07. The lowest BCUT2D eigenvalue weighted by molar-refractivity contribution is -0.116. The fourth-order valence-electron chi connectivity index (χ4n) is 2.29. The summed E-state index contributed by atoms with van der Waals surface area (Å²) in [5.41, 5.74) is 9.03. The topological polar surface area (TPSA) is 46.3 Å². The molecule has 0 saturated heterocycles. The lowest BCUT2D eigenvalue weighted by Crippen LogP contribution is -2.37. The Balaban J connectivity index is 2.36. The van der Waals surface area contributed by atoms with Crippen molar-refractivity contribution in [3.05, 3.63) is 29.3 Å². The van der Waals surface area contributed by atoms with E-state index >= 15 is 0 Å². The highest BCUT2D eigenvalue weighted by molar-refractivity contribution is 5.80. The molecule has 1 amide bonds.